The van der Waals surface area contributed by atoms with Crippen molar-refractivity contribution < 1.29 is 9.47 Å². The first-order valence-corrected chi connectivity index (χ1v) is 9.61. The fourth-order valence-corrected chi connectivity index (χ4v) is 3.20. The van der Waals surface area contributed by atoms with Crippen LogP contribution in [0.2, 0.25) is 0 Å². The summed E-state index contributed by atoms with van der Waals surface area (Å²) in [5, 5.41) is 4.73. The molecule has 3 aromatic rings. The molecule has 0 spiro atoms. The third kappa shape index (κ3) is 4.61. The van der Waals surface area contributed by atoms with Crippen molar-refractivity contribution in [3.05, 3.63) is 58.9 Å². The topological polar surface area (TPSA) is 44.4 Å². The maximum absolute atomic E-state index is 5.59. The molecule has 7 heteroatoms. The largest absolute Gasteiger partial charge is 0.497 e. The minimum absolute atomic E-state index is 0.607. The standard InChI is InChI=1S/C21H26N4O2S/c1-5-27-19-10-6-16(7-11-19)14-23(2)15-25-21(28)24(3)20(22-25)17-8-12-18(26-4)13-9-17/h6-13H,5,14-15H2,1-4H3. The van der Waals surface area contributed by atoms with Gasteiger partial charge in [-0.2, -0.15) is 5.10 Å². The van der Waals surface area contributed by atoms with Crippen LogP contribution in [0.3, 0.4) is 0 Å². The number of hydrogen-bond acceptors (Lipinski definition) is 5. The monoisotopic (exact) mass is 398 g/mol. The van der Waals surface area contributed by atoms with Gasteiger partial charge < -0.3 is 14.0 Å². The third-order valence-electron chi connectivity index (χ3n) is 4.45. The highest BCUT2D eigenvalue weighted by Crippen LogP contribution is 2.21. The normalized spacial score (nSPS) is 11.0. The Bertz CT molecular complexity index is 962. The SMILES string of the molecule is CCOc1ccc(CN(C)Cn2nc(-c3ccc(OC)cc3)n(C)c2=S)cc1. The Labute approximate surface area is 170 Å². The molecule has 0 saturated carbocycles. The second-order valence-electron chi connectivity index (χ2n) is 6.63. The van der Waals surface area contributed by atoms with Gasteiger partial charge >= 0.3 is 0 Å². The Morgan fingerprint density at radius 1 is 1.04 bits per heavy atom. The van der Waals surface area contributed by atoms with Crippen LogP contribution in [0.25, 0.3) is 11.4 Å². The molecule has 0 amide bonds. The van der Waals surface area contributed by atoms with E-state index in [1.54, 1.807) is 7.11 Å². The first-order valence-electron chi connectivity index (χ1n) is 9.20. The van der Waals surface area contributed by atoms with Gasteiger partial charge in [-0.3, -0.25) is 4.90 Å². The van der Waals surface area contributed by atoms with Crippen LogP contribution in [0.1, 0.15) is 12.5 Å². The lowest BCUT2D eigenvalue weighted by Crippen LogP contribution is -2.22. The molecular weight excluding hydrogens is 372 g/mol. The van der Waals surface area contributed by atoms with Crippen molar-refractivity contribution in [3.63, 3.8) is 0 Å². The molecule has 0 bridgehead atoms. The quantitative estimate of drug-likeness (QED) is 0.534. The van der Waals surface area contributed by atoms with E-state index in [0.717, 1.165) is 29.4 Å². The van der Waals surface area contributed by atoms with Crippen LogP contribution in [0, 0.1) is 4.77 Å². The lowest BCUT2D eigenvalue weighted by molar-refractivity contribution is 0.244. The van der Waals surface area contributed by atoms with Crippen molar-refractivity contribution >= 4 is 12.2 Å². The number of nitrogens with zero attached hydrogens (tertiary/aromatic N) is 4. The van der Waals surface area contributed by atoms with E-state index < -0.39 is 0 Å². The molecule has 6 nitrogen and oxygen atoms in total. The highest BCUT2D eigenvalue weighted by molar-refractivity contribution is 7.71. The zero-order valence-electron chi connectivity index (χ0n) is 16.8. The fraction of sp³-hybridized carbons (Fsp3) is 0.333. The van der Waals surface area contributed by atoms with Gasteiger partial charge in [-0.25, -0.2) is 4.68 Å². The zero-order chi connectivity index (χ0) is 20.1. The lowest BCUT2D eigenvalue weighted by atomic mass is 10.2. The smallest absolute Gasteiger partial charge is 0.199 e. The van der Waals surface area contributed by atoms with E-state index in [4.69, 9.17) is 26.8 Å². The molecule has 0 saturated heterocycles. The van der Waals surface area contributed by atoms with E-state index in [-0.39, 0.29) is 0 Å². The van der Waals surface area contributed by atoms with E-state index in [1.807, 2.05) is 59.6 Å². The van der Waals surface area contributed by atoms with Crippen LogP contribution < -0.4 is 9.47 Å². The average Bonchev–Trinajstić information content (AvgIpc) is 2.98. The van der Waals surface area contributed by atoms with Gasteiger partial charge in [0.05, 0.1) is 20.4 Å². The molecule has 0 aliphatic carbocycles. The van der Waals surface area contributed by atoms with Crippen LogP contribution in [0.4, 0.5) is 0 Å². The van der Waals surface area contributed by atoms with Crippen molar-refractivity contribution in [2.75, 3.05) is 20.8 Å². The van der Waals surface area contributed by atoms with E-state index in [9.17, 15) is 0 Å². The third-order valence-corrected chi connectivity index (χ3v) is 4.94. The molecule has 0 unspecified atom stereocenters. The Kier molecular flexibility index (Phi) is 6.49. The molecule has 28 heavy (non-hydrogen) atoms. The second-order valence-corrected chi connectivity index (χ2v) is 6.99. The van der Waals surface area contributed by atoms with Crippen LogP contribution in [-0.4, -0.2) is 40.0 Å². The molecule has 3 rings (SSSR count). The van der Waals surface area contributed by atoms with Crippen LogP contribution >= 0.6 is 12.2 Å². The summed E-state index contributed by atoms with van der Waals surface area (Å²) < 4.78 is 15.2. The summed E-state index contributed by atoms with van der Waals surface area (Å²) >= 11 is 5.59. The summed E-state index contributed by atoms with van der Waals surface area (Å²) in [6.07, 6.45) is 0. The number of ether oxygens (including phenoxy) is 2. The average molecular weight is 399 g/mol. The van der Waals surface area contributed by atoms with Gasteiger partial charge in [-0.1, -0.05) is 12.1 Å². The van der Waals surface area contributed by atoms with Crippen LogP contribution in [-0.2, 0) is 20.3 Å². The van der Waals surface area contributed by atoms with Gasteiger partial charge in [0.2, 0.25) is 0 Å². The Balaban J connectivity index is 1.72. The second kappa shape index (κ2) is 9.03. The molecule has 0 fully saturated rings. The highest BCUT2D eigenvalue weighted by atomic mass is 32.1. The Morgan fingerprint density at radius 3 is 2.29 bits per heavy atom. The van der Waals surface area contributed by atoms with Crippen LogP contribution in [0.5, 0.6) is 11.5 Å². The first-order chi connectivity index (χ1) is 13.5. The summed E-state index contributed by atoms with van der Waals surface area (Å²) in [5.74, 6) is 2.55. The fourth-order valence-electron chi connectivity index (χ4n) is 3.02. The van der Waals surface area contributed by atoms with E-state index in [1.165, 1.54) is 5.56 Å². The van der Waals surface area contributed by atoms with Crippen molar-refractivity contribution in [1.29, 1.82) is 0 Å². The van der Waals surface area contributed by atoms with Gasteiger partial charge in [0.25, 0.3) is 0 Å². The molecule has 148 valence electrons. The zero-order valence-corrected chi connectivity index (χ0v) is 17.6. The molecule has 2 aromatic carbocycles. The maximum Gasteiger partial charge on any atom is 0.199 e. The van der Waals surface area contributed by atoms with E-state index in [2.05, 4.69) is 24.1 Å². The summed E-state index contributed by atoms with van der Waals surface area (Å²) in [4.78, 5) is 2.18. The summed E-state index contributed by atoms with van der Waals surface area (Å²) in [6.45, 7) is 4.06. The van der Waals surface area contributed by atoms with Gasteiger partial charge in [0.1, 0.15) is 11.5 Å². The molecule has 0 aliphatic rings. The lowest BCUT2D eigenvalue weighted by Gasteiger charge is -2.16. The molecule has 0 atom stereocenters. The maximum atomic E-state index is 5.59. The number of hydrogen-bond donors (Lipinski definition) is 0. The van der Waals surface area contributed by atoms with E-state index >= 15 is 0 Å². The number of aromatic nitrogens is 3. The molecular formula is C21H26N4O2S. The molecule has 1 aromatic heterocycles. The predicted molar refractivity (Wildman–Crippen MR) is 113 cm³/mol. The number of methoxy groups -OCH3 is 1. The number of benzene rings is 2. The highest BCUT2D eigenvalue weighted by Gasteiger charge is 2.12. The van der Waals surface area contributed by atoms with Crippen LogP contribution in [0.15, 0.2) is 48.5 Å². The van der Waals surface area contributed by atoms with Gasteiger partial charge in [-0.05, 0) is 68.2 Å². The Morgan fingerprint density at radius 2 is 1.68 bits per heavy atom. The minimum Gasteiger partial charge on any atom is -0.497 e. The van der Waals surface area contributed by atoms with Crippen molar-refractivity contribution in [2.24, 2.45) is 7.05 Å². The molecule has 0 radical (unpaired) electrons. The number of rotatable bonds is 8. The van der Waals surface area contributed by atoms with Crippen molar-refractivity contribution in [2.45, 2.75) is 20.1 Å². The summed E-state index contributed by atoms with van der Waals surface area (Å²) in [7, 11) is 5.66. The molecule has 1 heterocycles. The van der Waals surface area contributed by atoms with E-state index in [0.29, 0.717) is 18.0 Å². The molecule has 0 N–H and O–H groups in total. The van der Waals surface area contributed by atoms with Crippen molar-refractivity contribution in [3.8, 4) is 22.9 Å². The summed E-state index contributed by atoms with van der Waals surface area (Å²) in [5.41, 5.74) is 2.21. The summed E-state index contributed by atoms with van der Waals surface area (Å²) in [6, 6.07) is 16.0. The van der Waals surface area contributed by atoms with Gasteiger partial charge in [0, 0.05) is 19.2 Å². The Hall–Kier alpha value is -2.64. The van der Waals surface area contributed by atoms with Gasteiger partial charge in [0.15, 0.2) is 10.6 Å². The van der Waals surface area contributed by atoms with Gasteiger partial charge in [-0.15, -0.1) is 0 Å². The van der Waals surface area contributed by atoms with Crippen molar-refractivity contribution in [1.82, 2.24) is 19.2 Å². The minimum atomic E-state index is 0.607. The molecule has 0 aliphatic heterocycles. The first kappa shape index (κ1) is 20.1. The predicted octanol–water partition coefficient (Wildman–Crippen LogP) is 4.11.